The molecule has 5 nitrogen and oxygen atoms in total. The Hall–Kier alpha value is -2.39. The van der Waals surface area contributed by atoms with Crippen LogP contribution in [0.4, 0.5) is 13.2 Å². The Morgan fingerprint density at radius 1 is 1.10 bits per heavy atom. The third-order valence-corrected chi connectivity index (χ3v) is 6.13. The molecule has 0 bridgehead atoms. The number of carbonyl (C=O) groups excluding carboxylic acids is 1. The van der Waals surface area contributed by atoms with Crippen LogP contribution in [0.25, 0.3) is 0 Å². The summed E-state index contributed by atoms with van der Waals surface area (Å²) in [4.78, 5) is 12.0. The smallest absolute Gasteiger partial charge is 0.364 e. The number of carbonyl (C=O) groups is 1. The minimum Gasteiger partial charge on any atom is -0.743 e. The van der Waals surface area contributed by atoms with Gasteiger partial charge in [0, 0.05) is 18.8 Å². The summed E-state index contributed by atoms with van der Waals surface area (Å²) in [6.07, 6.45) is -3.15. The molecule has 0 aliphatic heterocycles. The number of hydrogen-bond donors (Lipinski definition) is 0. The van der Waals surface area contributed by atoms with Crippen LogP contribution in [-0.4, -0.2) is 37.0 Å². The van der Waals surface area contributed by atoms with Crippen LogP contribution in [0.5, 0.6) is 0 Å². The maximum atomic E-state index is 13.4. The topological polar surface area (TPSA) is 83.5 Å². The summed E-state index contributed by atoms with van der Waals surface area (Å²) in [7, 11) is -6.13. The molecule has 3 rings (SSSR count). The Bertz CT molecular complexity index is 977. The molecule has 0 heterocycles. The molecule has 2 aromatic carbocycles. The first kappa shape index (κ1) is 22.3. The number of halogens is 3. The molecule has 1 aliphatic rings. The molecule has 0 amide bonds. The fourth-order valence-electron chi connectivity index (χ4n) is 3.69. The van der Waals surface area contributed by atoms with E-state index in [0.29, 0.717) is 6.42 Å². The Labute approximate surface area is 172 Å². The van der Waals surface area contributed by atoms with Crippen molar-refractivity contribution in [3.05, 3.63) is 70.8 Å². The van der Waals surface area contributed by atoms with E-state index in [2.05, 4.69) is 0 Å². The van der Waals surface area contributed by atoms with E-state index in [1.54, 1.807) is 0 Å². The van der Waals surface area contributed by atoms with Gasteiger partial charge in [-0.3, -0.25) is 4.79 Å². The van der Waals surface area contributed by atoms with Gasteiger partial charge in [0.2, 0.25) is 0 Å². The molecule has 0 saturated carbocycles. The Balaban J connectivity index is 1.58. The second-order valence-electron chi connectivity index (χ2n) is 7.16. The van der Waals surface area contributed by atoms with Crippen molar-refractivity contribution in [1.82, 2.24) is 0 Å². The number of hydrogen-bond acceptors (Lipinski definition) is 5. The lowest BCUT2D eigenvalue weighted by molar-refractivity contribution is -0.144. The predicted octanol–water partition coefficient (Wildman–Crippen LogP) is 3.91. The van der Waals surface area contributed by atoms with Crippen LogP contribution >= 0.6 is 0 Å². The predicted molar refractivity (Wildman–Crippen MR) is 102 cm³/mol. The van der Waals surface area contributed by atoms with Crippen molar-refractivity contribution in [3.63, 3.8) is 0 Å². The van der Waals surface area contributed by atoms with E-state index >= 15 is 0 Å². The lowest BCUT2D eigenvalue weighted by atomic mass is 9.76. The Morgan fingerprint density at radius 2 is 1.63 bits per heavy atom. The number of ether oxygens (including phenoxy) is 1. The number of fused-ring (bicyclic) bond motifs is 2. The third kappa shape index (κ3) is 4.67. The van der Waals surface area contributed by atoms with E-state index in [-0.39, 0.29) is 12.3 Å². The summed E-state index contributed by atoms with van der Waals surface area (Å²) >= 11 is 0. The Kier molecular flexibility index (Phi) is 6.52. The minimum atomic E-state index is -6.13. The van der Waals surface area contributed by atoms with E-state index in [1.807, 2.05) is 48.5 Å². The van der Waals surface area contributed by atoms with Crippen molar-refractivity contribution in [2.75, 3.05) is 6.61 Å². The highest BCUT2D eigenvalue weighted by Gasteiger charge is 2.47. The molecule has 1 atom stereocenters. The van der Waals surface area contributed by atoms with Gasteiger partial charge in [-0.05, 0) is 35.1 Å². The number of rotatable bonds is 8. The fraction of sp³-hybridized carbons (Fsp3) is 0.381. The van der Waals surface area contributed by atoms with Gasteiger partial charge in [-0.2, -0.15) is 8.78 Å². The van der Waals surface area contributed by atoms with Crippen molar-refractivity contribution < 1.29 is 35.7 Å². The molecule has 0 spiro atoms. The molecule has 162 valence electrons. The van der Waals surface area contributed by atoms with Gasteiger partial charge in [-0.15, -0.1) is 0 Å². The van der Waals surface area contributed by atoms with Gasteiger partial charge in [0.15, 0.2) is 16.3 Å². The summed E-state index contributed by atoms with van der Waals surface area (Å²) in [5, 5.41) is -5.06. The number of alkyl halides is 3. The van der Waals surface area contributed by atoms with Gasteiger partial charge in [-0.1, -0.05) is 48.5 Å². The standard InChI is InChI=1S/C21H21F3O5S/c22-19(21(23,24)30(26,27)28)11-12-29-20(25)10-9-18-16-7-3-1-5-14(16)13-15-6-2-4-8-17(15)18/h1-8,18-19H,9-13H2,(H,26,27,28)/p-1. The largest absolute Gasteiger partial charge is 0.743 e. The SMILES string of the molecule is O=C(CCC1c2ccccc2Cc2ccccc21)OCCC(F)C(F)(F)S(=O)(=O)[O-]. The van der Waals surface area contributed by atoms with Crippen LogP contribution in [0.2, 0.25) is 0 Å². The van der Waals surface area contributed by atoms with E-state index < -0.39 is 40.5 Å². The lowest BCUT2D eigenvalue weighted by Crippen LogP contribution is -2.39. The van der Waals surface area contributed by atoms with E-state index in [0.717, 1.165) is 28.7 Å². The van der Waals surface area contributed by atoms with E-state index in [4.69, 9.17) is 4.74 Å². The van der Waals surface area contributed by atoms with Crippen molar-refractivity contribution in [2.45, 2.75) is 43.0 Å². The van der Waals surface area contributed by atoms with Crippen molar-refractivity contribution in [1.29, 1.82) is 0 Å². The highest BCUT2D eigenvalue weighted by molar-refractivity contribution is 7.86. The lowest BCUT2D eigenvalue weighted by Gasteiger charge is -2.28. The molecular weight excluding hydrogens is 421 g/mol. The van der Waals surface area contributed by atoms with E-state index in [1.165, 1.54) is 0 Å². The second kappa shape index (κ2) is 8.77. The normalized spacial score (nSPS) is 15.2. The second-order valence-corrected chi connectivity index (χ2v) is 8.61. The summed E-state index contributed by atoms with van der Waals surface area (Å²) < 4.78 is 75.7. The van der Waals surface area contributed by atoms with Crippen molar-refractivity contribution >= 4 is 16.1 Å². The van der Waals surface area contributed by atoms with Gasteiger partial charge in [0.25, 0.3) is 0 Å². The summed E-state index contributed by atoms with van der Waals surface area (Å²) in [6, 6.07) is 15.8. The van der Waals surface area contributed by atoms with Crippen LogP contribution in [0.1, 0.15) is 47.4 Å². The highest BCUT2D eigenvalue weighted by atomic mass is 32.2. The average molecular weight is 441 g/mol. The molecule has 1 unspecified atom stereocenters. The molecule has 0 N–H and O–H groups in total. The molecule has 30 heavy (non-hydrogen) atoms. The van der Waals surface area contributed by atoms with Gasteiger partial charge in [0.1, 0.15) is 0 Å². The number of esters is 1. The summed E-state index contributed by atoms with van der Waals surface area (Å²) in [5.41, 5.74) is 4.54. The Morgan fingerprint density at radius 3 is 2.17 bits per heavy atom. The molecule has 0 radical (unpaired) electrons. The van der Waals surface area contributed by atoms with Gasteiger partial charge in [-0.25, -0.2) is 12.8 Å². The average Bonchev–Trinajstić information content (AvgIpc) is 2.70. The minimum absolute atomic E-state index is 0.0272. The molecule has 9 heteroatoms. The van der Waals surface area contributed by atoms with Crippen molar-refractivity contribution in [3.8, 4) is 0 Å². The highest BCUT2D eigenvalue weighted by Crippen LogP contribution is 2.39. The molecule has 0 fully saturated rings. The monoisotopic (exact) mass is 441 g/mol. The first-order valence-corrected chi connectivity index (χ1v) is 10.8. The molecular formula is C21H20F3O5S-. The quantitative estimate of drug-likeness (QED) is 0.458. The summed E-state index contributed by atoms with van der Waals surface area (Å²) in [6.45, 7) is -0.747. The summed E-state index contributed by atoms with van der Waals surface area (Å²) in [5.74, 6) is -0.751. The fourth-order valence-corrected chi connectivity index (χ4v) is 4.12. The van der Waals surface area contributed by atoms with Crippen molar-refractivity contribution in [2.24, 2.45) is 0 Å². The zero-order valence-corrected chi connectivity index (χ0v) is 16.7. The van der Waals surface area contributed by atoms with Crippen LogP contribution in [-0.2, 0) is 26.1 Å². The maximum absolute atomic E-state index is 13.4. The van der Waals surface area contributed by atoms with Gasteiger partial charge in [0.05, 0.1) is 6.61 Å². The third-order valence-electron chi connectivity index (χ3n) is 5.21. The van der Waals surface area contributed by atoms with Gasteiger partial charge < -0.3 is 9.29 Å². The maximum Gasteiger partial charge on any atom is 0.364 e. The number of benzene rings is 2. The van der Waals surface area contributed by atoms with Crippen LogP contribution < -0.4 is 0 Å². The van der Waals surface area contributed by atoms with Crippen LogP contribution in [0.3, 0.4) is 0 Å². The van der Waals surface area contributed by atoms with Crippen LogP contribution in [0.15, 0.2) is 48.5 Å². The molecule has 0 aromatic heterocycles. The molecule has 2 aromatic rings. The molecule has 1 aliphatic carbocycles. The zero-order chi connectivity index (χ0) is 21.9. The molecule has 0 saturated heterocycles. The zero-order valence-electron chi connectivity index (χ0n) is 15.9. The van der Waals surface area contributed by atoms with Gasteiger partial charge >= 0.3 is 11.2 Å². The van der Waals surface area contributed by atoms with E-state index in [9.17, 15) is 30.9 Å². The first-order valence-electron chi connectivity index (χ1n) is 9.40. The first-order chi connectivity index (χ1) is 14.1. The van der Waals surface area contributed by atoms with Crippen LogP contribution in [0, 0.1) is 0 Å².